The molecule has 7 heteroatoms. The average molecular weight is 290 g/mol. The summed E-state index contributed by atoms with van der Waals surface area (Å²) in [6, 6.07) is 5.99. The Kier molecular flexibility index (Phi) is 4.76. The molecular formula is C14H18N4O3. The molecule has 0 aliphatic carbocycles. The van der Waals surface area contributed by atoms with Gasteiger partial charge in [0, 0.05) is 0 Å². The number of carbonyl (C=O) groups is 1. The van der Waals surface area contributed by atoms with Crippen LogP contribution in [-0.4, -0.2) is 34.3 Å². The van der Waals surface area contributed by atoms with Crippen molar-refractivity contribution in [2.75, 3.05) is 18.5 Å². The molecule has 1 aromatic carbocycles. The van der Waals surface area contributed by atoms with Crippen LogP contribution in [0.1, 0.15) is 18.1 Å². The van der Waals surface area contributed by atoms with Crippen molar-refractivity contribution in [2.45, 2.75) is 20.8 Å². The molecule has 2 N–H and O–H groups in total. The van der Waals surface area contributed by atoms with Gasteiger partial charge in [0.25, 0.3) is 5.91 Å². The molecule has 0 bridgehead atoms. The minimum absolute atomic E-state index is 0.104. The molecule has 0 aliphatic heterocycles. The number of amides is 1. The lowest BCUT2D eigenvalue weighted by Crippen LogP contribution is -2.20. The predicted molar refractivity (Wildman–Crippen MR) is 77.6 cm³/mol. The summed E-state index contributed by atoms with van der Waals surface area (Å²) in [6.45, 7) is 6.13. The fourth-order valence-corrected chi connectivity index (χ4v) is 1.83. The molecule has 2 aromatic rings. The number of nitrogens with one attached hydrogen (secondary N) is 2. The van der Waals surface area contributed by atoms with E-state index in [1.165, 1.54) is 0 Å². The molecule has 0 fully saturated rings. The summed E-state index contributed by atoms with van der Waals surface area (Å²) in [5, 5.41) is 8.90. The van der Waals surface area contributed by atoms with Crippen molar-refractivity contribution in [3.05, 3.63) is 29.3 Å². The number of benzene rings is 1. The van der Waals surface area contributed by atoms with E-state index in [4.69, 9.17) is 9.47 Å². The van der Waals surface area contributed by atoms with Crippen molar-refractivity contribution in [1.29, 1.82) is 0 Å². The van der Waals surface area contributed by atoms with E-state index in [2.05, 4.69) is 20.5 Å². The number of aryl methyl sites for hydroxylation is 2. The third kappa shape index (κ3) is 4.48. The van der Waals surface area contributed by atoms with Gasteiger partial charge in [0.2, 0.25) is 5.95 Å². The number of hydrogen-bond acceptors (Lipinski definition) is 5. The van der Waals surface area contributed by atoms with Gasteiger partial charge in [0.05, 0.1) is 6.61 Å². The minimum atomic E-state index is -0.326. The van der Waals surface area contributed by atoms with Gasteiger partial charge in [-0.2, -0.15) is 4.98 Å². The van der Waals surface area contributed by atoms with Crippen LogP contribution in [0.4, 0.5) is 5.95 Å². The van der Waals surface area contributed by atoms with Crippen molar-refractivity contribution < 1.29 is 14.3 Å². The van der Waals surface area contributed by atoms with E-state index in [-0.39, 0.29) is 24.5 Å². The van der Waals surface area contributed by atoms with Gasteiger partial charge in [0.15, 0.2) is 6.61 Å². The van der Waals surface area contributed by atoms with Gasteiger partial charge in [-0.25, -0.2) is 5.10 Å². The average Bonchev–Trinajstić information content (AvgIpc) is 2.83. The Bertz CT molecular complexity index is 604. The number of aromatic amines is 1. The Morgan fingerprint density at radius 1 is 1.24 bits per heavy atom. The van der Waals surface area contributed by atoms with Crippen LogP contribution >= 0.6 is 0 Å². The first-order valence-electron chi connectivity index (χ1n) is 6.63. The highest BCUT2D eigenvalue weighted by molar-refractivity contribution is 5.90. The zero-order chi connectivity index (χ0) is 15.2. The summed E-state index contributed by atoms with van der Waals surface area (Å²) in [4.78, 5) is 15.7. The van der Waals surface area contributed by atoms with Crippen molar-refractivity contribution in [3.63, 3.8) is 0 Å². The smallest absolute Gasteiger partial charge is 0.337 e. The van der Waals surface area contributed by atoms with Crippen LogP contribution in [0.2, 0.25) is 0 Å². The summed E-state index contributed by atoms with van der Waals surface area (Å²) in [5.41, 5.74) is 2.17. The number of hydrogen-bond donors (Lipinski definition) is 2. The third-order valence-corrected chi connectivity index (χ3v) is 2.56. The lowest BCUT2D eigenvalue weighted by Gasteiger charge is -2.07. The Hall–Kier alpha value is -2.57. The van der Waals surface area contributed by atoms with Crippen LogP contribution < -0.4 is 14.8 Å². The minimum Gasteiger partial charge on any atom is -0.484 e. The fraction of sp³-hybridized carbons (Fsp3) is 0.357. The Morgan fingerprint density at radius 2 is 1.95 bits per heavy atom. The van der Waals surface area contributed by atoms with Gasteiger partial charge in [-0.05, 0) is 44.0 Å². The van der Waals surface area contributed by atoms with E-state index in [9.17, 15) is 4.79 Å². The van der Waals surface area contributed by atoms with Crippen LogP contribution in [0.3, 0.4) is 0 Å². The molecular weight excluding hydrogens is 272 g/mol. The molecule has 0 saturated heterocycles. The van der Waals surface area contributed by atoms with Gasteiger partial charge in [-0.1, -0.05) is 6.07 Å². The lowest BCUT2D eigenvalue weighted by atomic mass is 10.1. The first-order chi connectivity index (χ1) is 10.1. The molecule has 0 radical (unpaired) electrons. The highest BCUT2D eigenvalue weighted by atomic mass is 16.5. The largest absolute Gasteiger partial charge is 0.484 e. The second-order valence-corrected chi connectivity index (χ2v) is 4.56. The van der Waals surface area contributed by atoms with Gasteiger partial charge in [-0.15, -0.1) is 5.10 Å². The predicted octanol–water partition coefficient (Wildman–Crippen LogP) is 1.84. The maximum atomic E-state index is 11.8. The Morgan fingerprint density at radius 3 is 2.62 bits per heavy atom. The maximum Gasteiger partial charge on any atom is 0.337 e. The molecule has 1 heterocycles. The van der Waals surface area contributed by atoms with E-state index < -0.39 is 0 Å². The first kappa shape index (κ1) is 14.8. The van der Waals surface area contributed by atoms with Crippen molar-refractivity contribution in [1.82, 2.24) is 15.2 Å². The van der Waals surface area contributed by atoms with Gasteiger partial charge in [-0.3, -0.25) is 10.1 Å². The van der Waals surface area contributed by atoms with Crippen LogP contribution in [0.25, 0.3) is 0 Å². The van der Waals surface area contributed by atoms with E-state index in [0.29, 0.717) is 12.4 Å². The molecule has 0 aliphatic rings. The molecule has 112 valence electrons. The fourth-order valence-electron chi connectivity index (χ4n) is 1.83. The first-order valence-corrected chi connectivity index (χ1v) is 6.63. The highest BCUT2D eigenvalue weighted by Gasteiger charge is 2.08. The van der Waals surface area contributed by atoms with E-state index >= 15 is 0 Å². The topological polar surface area (TPSA) is 89.1 Å². The second kappa shape index (κ2) is 6.74. The molecule has 0 atom stereocenters. The molecule has 1 amide bonds. The number of nitrogens with zero attached hydrogens (tertiary/aromatic N) is 2. The maximum absolute atomic E-state index is 11.8. The quantitative estimate of drug-likeness (QED) is 0.847. The second-order valence-electron chi connectivity index (χ2n) is 4.56. The van der Waals surface area contributed by atoms with Crippen LogP contribution in [0, 0.1) is 13.8 Å². The number of rotatable bonds is 6. The van der Waals surface area contributed by atoms with Crippen LogP contribution in [0.15, 0.2) is 18.2 Å². The number of carbonyl (C=O) groups excluding carboxylic acids is 1. The van der Waals surface area contributed by atoms with Crippen LogP contribution in [-0.2, 0) is 4.79 Å². The van der Waals surface area contributed by atoms with Gasteiger partial charge in [0.1, 0.15) is 5.75 Å². The lowest BCUT2D eigenvalue weighted by molar-refractivity contribution is -0.118. The van der Waals surface area contributed by atoms with Crippen molar-refractivity contribution in [3.8, 4) is 11.8 Å². The zero-order valence-electron chi connectivity index (χ0n) is 12.3. The van der Waals surface area contributed by atoms with Crippen molar-refractivity contribution >= 4 is 11.9 Å². The van der Waals surface area contributed by atoms with Gasteiger partial charge < -0.3 is 9.47 Å². The van der Waals surface area contributed by atoms with E-state index in [1.807, 2.05) is 39.0 Å². The van der Waals surface area contributed by atoms with Crippen molar-refractivity contribution in [2.24, 2.45) is 0 Å². The molecule has 7 nitrogen and oxygen atoms in total. The summed E-state index contributed by atoms with van der Waals surface area (Å²) >= 11 is 0. The molecule has 0 spiro atoms. The molecule has 0 saturated carbocycles. The molecule has 2 rings (SSSR count). The van der Waals surface area contributed by atoms with E-state index in [1.54, 1.807) is 0 Å². The van der Waals surface area contributed by atoms with Crippen LogP contribution in [0.5, 0.6) is 11.8 Å². The molecule has 21 heavy (non-hydrogen) atoms. The SMILES string of the molecule is CCOc1n[nH]c(NC(=O)COc2cc(C)cc(C)c2)n1. The third-order valence-electron chi connectivity index (χ3n) is 2.56. The Labute approximate surface area is 122 Å². The normalized spacial score (nSPS) is 10.2. The van der Waals surface area contributed by atoms with E-state index in [0.717, 1.165) is 11.1 Å². The summed E-state index contributed by atoms with van der Waals surface area (Å²) in [5.74, 6) is 0.566. The standard InChI is InChI=1S/C14H18N4O3/c1-4-20-14-16-13(17-18-14)15-12(19)8-21-11-6-9(2)5-10(3)7-11/h5-7H,4,8H2,1-3H3,(H2,15,16,17,18,19). The zero-order valence-corrected chi connectivity index (χ0v) is 12.3. The molecule has 1 aromatic heterocycles. The number of ether oxygens (including phenoxy) is 2. The molecule has 0 unspecified atom stereocenters. The summed E-state index contributed by atoms with van der Waals surface area (Å²) < 4.78 is 10.5. The summed E-state index contributed by atoms with van der Waals surface area (Å²) in [7, 11) is 0. The summed E-state index contributed by atoms with van der Waals surface area (Å²) in [6.07, 6.45) is 0. The Balaban J connectivity index is 1.86. The van der Waals surface area contributed by atoms with Gasteiger partial charge >= 0.3 is 6.01 Å². The number of aromatic nitrogens is 3. The number of anilines is 1. The number of H-pyrrole nitrogens is 1. The monoisotopic (exact) mass is 290 g/mol. The highest BCUT2D eigenvalue weighted by Crippen LogP contribution is 2.16.